The highest BCUT2D eigenvalue weighted by Gasteiger charge is 2.46. The fraction of sp³-hybridized carbons (Fsp3) is 0.0909. The lowest BCUT2D eigenvalue weighted by molar-refractivity contribution is 0.425. The van der Waals surface area contributed by atoms with Gasteiger partial charge < -0.3 is 9.80 Å². The fourth-order valence-corrected chi connectivity index (χ4v) is 10.7. The number of hydrogen-bond acceptors (Lipinski definition) is 2. The second-order valence-corrected chi connectivity index (χ2v) is 19.0. The number of fused-ring (bicyclic) bond motifs is 1. The molecule has 1 aliphatic rings. The molecule has 1 aliphatic carbocycles. The van der Waals surface area contributed by atoms with Crippen LogP contribution in [0.4, 0.5) is 34.1 Å². The number of nitrogens with zero attached hydrogens (tertiary/aromatic N) is 2. The highest BCUT2D eigenvalue weighted by atomic mass is 15.1. The van der Waals surface area contributed by atoms with Crippen LogP contribution < -0.4 is 9.80 Å². The Labute approximate surface area is 402 Å². The van der Waals surface area contributed by atoms with E-state index < -0.39 is 0 Å². The SMILES string of the molecule is CC1(C)CC(C)(c2cccc(N(c3ccc(-c4ccccc4)cc3)c3ccc(-c4ccccc4)cc3)c2)c2ccc(N(c3ccc(-c4ccccc4)cc3)c3ccc(-c4ccccc4)cc3)cc21. The predicted molar refractivity (Wildman–Crippen MR) is 288 cm³/mol. The van der Waals surface area contributed by atoms with Crippen molar-refractivity contribution in [3.8, 4) is 44.5 Å². The van der Waals surface area contributed by atoms with E-state index in [4.69, 9.17) is 0 Å². The van der Waals surface area contributed by atoms with Gasteiger partial charge >= 0.3 is 0 Å². The summed E-state index contributed by atoms with van der Waals surface area (Å²) in [6.07, 6.45) is 0.983. The lowest BCUT2D eigenvalue weighted by Gasteiger charge is -2.31. The number of benzene rings is 10. The molecule has 11 rings (SSSR count). The van der Waals surface area contributed by atoms with Gasteiger partial charge in [0.15, 0.2) is 0 Å². The van der Waals surface area contributed by atoms with E-state index in [0.29, 0.717) is 0 Å². The molecular weight excluding hydrogens is 821 g/mol. The molecule has 10 aromatic rings. The molecule has 1 atom stereocenters. The zero-order valence-corrected chi connectivity index (χ0v) is 38.9. The molecule has 0 aliphatic heterocycles. The van der Waals surface area contributed by atoms with Gasteiger partial charge in [-0.15, -0.1) is 0 Å². The monoisotopic (exact) mass is 874 g/mol. The normalized spacial score (nSPS) is 14.8. The molecule has 0 saturated heterocycles. The predicted octanol–water partition coefficient (Wildman–Crippen LogP) is 18.3. The maximum absolute atomic E-state index is 2.47. The minimum Gasteiger partial charge on any atom is -0.310 e. The highest BCUT2D eigenvalue weighted by Crippen LogP contribution is 2.55. The first-order chi connectivity index (χ1) is 33.3. The van der Waals surface area contributed by atoms with E-state index in [2.05, 4.69) is 291 Å². The summed E-state index contributed by atoms with van der Waals surface area (Å²) in [4.78, 5) is 4.82. The summed E-state index contributed by atoms with van der Waals surface area (Å²) in [6, 6.07) is 95.0. The summed E-state index contributed by atoms with van der Waals surface area (Å²) < 4.78 is 0. The van der Waals surface area contributed by atoms with E-state index in [1.807, 2.05) is 0 Å². The van der Waals surface area contributed by atoms with E-state index in [1.165, 1.54) is 61.2 Å². The van der Waals surface area contributed by atoms with Gasteiger partial charge in [0.05, 0.1) is 0 Å². The number of anilines is 6. The zero-order valence-electron chi connectivity index (χ0n) is 38.9. The molecule has 2 heteroatoms. The van der Waals surface area contributed by atoms with Crippen molar-refractivity contribution in [1.82, 2.24) is 0 Å². The van der Waals surface area contributed by atoms with E-state index in [9.17, 15) is 0 Å². The average Bonchev–Trinajstić information content (AvgIpc) is 3.62. The van der Waals surface area contributed by atoms with Crippen LogP contribution in [0.2, 0.25) is 0 Å². The molecule has 2 nitrogen and oxygen atoms in total. The largest absolute Gasteiger partial charge is 0.310 e. The Morgan fingerprint density at radius 2 is 0.574 bits per heavy atom. The first-order valence-corrected chi connectivity index (χ1v) is 23.8. The van der Waals surface area contributed by atoms with Crippen LogP contribution in [0.5, 0.6) is 0 Å². The molecule has 68 heavy (non-hydrogen) atoms. The quantitative estimate of drug-likeness (QED) is 0.128. The minimum absolute atomic E-state index is 0.0870. The van der Waals surface area contributed by atoms with Gasteiger partial charge in [0.25, 0.3) is 0 Å². The Morgan fingerprint density at radius 3 is 0.926 bits per heavy atom. The molecule has 0 aromatic heterocycles. The lowest BCUT2D eigenvalue weighted by Crippen LogP contribution is -2.24. The summed E-state index contributed by atoms with van der Waals surface area (Å²) in [6.45, 7) is 7.30. The van der Waals surface area contributed by atoms with Gasteiger partial charge in [-0.1, -0.05) is 209 Å². The first-order valence-electron chi connectivity index (χ1n) is 23.8. The van der Waals surface area contributed by atoms with Gasteiger partial charge in [-0.05, 0) is 146 Å². The van der Waals surface area contributed by atoms with Crippen LogP contribution in [-0.2, 0) is 10.8 Å². The van der Waals surface area contributed by atoms with Gasteiger partial charge in [-0.25, -0.2) is 0 Å². The highest BCUT2D eigenvalue weighted by molar-refractivity contribution is 5.83. The summed E-state index contributed by atoms with van der Waals surface area (Å²) in [7, 11) is 0. The Hall–Kier alpha value is -8.20. The van der Waals surface area contributed by atoms with Crippen molar-refractivity contribution in [3.05, 3.63) is 278 Å². The maximum Gasteiger partial charge on any atom is 0.0464 e. The van der Waals surface area contributed by atoms with E-state index in [1.54, 1.807) is 0 Å². The molecule has 0 heterocycles. The second kappa shape index (κ2) is 17.9. The van der Waals surface area contributed by atoms with Gasteiger partial charge in [0.2, 0.25) is 0 Å². The van der Waals surface area contributed by atoms with E-state index in [0.717, 1.165) is 40.5 Å². The standard InChI is InChI=1S/C66H54N2/c1-65(2)47-66(3,56-25-16-26-61(45-56)67(57-35-27-52(28-36-57)48-17-8-4-9-18-48)58-37-29-53(30-38-58)49-19-10-5-11-20-49)63-44-43-62(46-64(63)65)68(59-39-31-54(32-40-59)50-21-12-6-13-22-50)60-41-33-55(34-42-60)51-23-14-7-15-24-51/h4-46H,47H2,1-3H3. The summed E-state index contributed by atoms with van der Waals surface area (Å²) in [5.41, 5.74) is 20.2. The van der Waals surface area contributed by atoms with Gasteiger partial charge in [-0.3, -0.25) is 0 Å². The number of hydrogen-bond donors (Lipinski definition) is 0. The van der Waals surface area contributed by atoms with Crippen LogP contribution >= 0.6 is 0 Å². The Morgan fingerprint density at radius 1 is 0.265 bits per heavy atom. The van der Waals surface area contributed by atoms with Gasteiger partial charge in [0, 0.05) is 39.5 Å². The van der Waals surface area contributed by atoms with Crippen molar-refractivity contribution in [2.75, 3.05) is 9.80 Å². The van der Waals surface area contributed by atoms with Crippen molar-refractivity contribution in [2.24, 2.45) is 0 Å². The van der Waals surface area contributed by atoms with Crippen LogP contribution in [0.3, 0.4) is 0 Å². The Kier molecular flexibility index (Phi) is 11.2. The van der Waals surface area contributed by atoms with Crippen molar-refractivity contribution in [2.45, 2.75) is 38.0 Å². The van der Waals surface area contributed by atoms with Crippen LogP contribution in [-0.4, -0.2) is 0 Å². The minimum atomic E-state index is -0.229. The summed E-state index contributed by atoms with van der Waals surface area (Å²) in [5, 5.41) is 0. The van der Waals surface area contributed by atoms with Crippen LogP contribution in [0, 0.1) is 0 Å². The average molecular weight is 875 g/mol. The second-order valence-electron chi connectivity index (χ2n) is 19.0. The third-order valence-electron chi connectivity index (χ3n) is 14.1. The van der Waals surface area contributed by atoms with Crippen molar-refractivity contribution in [3.63, 3.8) is 0 Å². The van der Waals surface area contributed by atoms with Crippen molar-refractivity contribution >= 4 is 34.1 Å². The summed E-state index contributed by atoms with van der Waals surface area (Å²) >= 11 is 0. The number of rotatable bonds is 11. The summed E-state index contributed by atoms with van der Waals surface area (Å²) in [5.74, 6) is 0. The molecule has 0 N–H and O–H groups in total. The molecule has 328 valence electrons. The van der Waals surface area contributed by atoms with Gasteiger partial charge in [0.1, 0.15) is 0 Å². The molecule has 0 spiro atoms. The molecule has 0 bridgehead atoms. The van der Waals surface area contributed by atoms with Crippen molar-refractivity contribution < 1.29 is 0 Å². The fourth-order valence-electron chi connectivity index (χ4n) is 10.7. The van der Waals surface area contributed by atoms with E-state index >= 15 is 0 Å². The molecule has 0 saturated carbocycles. The molecule has 0 radical (unpaired) electrons. The molecule has 10 aromatic carbocycles. The third kappa shape index (κ3) is 8.20. The smallest absolute Gasteiger partial charge is 0.0464 e. The van der Waals surface area contributed by atoms with Crippen LogP contribution in [0.15, 0.2) is 261 Å². The van der Waals surface area contributed by atoms with Crippen LogP contribution in [0.25, 0.3) is 44.5 Å². The third-order valence-corrected chi connectivity index (χ3v) is 14.1. The molecule has 0 amide bonds. The molecule has 0 fully saturated rings. The van der Waals surface area contributed by atoms with E-state index in [-0.39, 0.29) is 10.8 Å². The molecular formula is C66H54N2. The van der Waals surface area contributed by atoms with Crippen LogP contribution in [0.1, 0.15) is 43.9 Å². The Bertz CT molecular complexity index is 3120. The van der Waals surface area contributed by atoms with Gasteiger partial charge in [-0.2, -0.15) is 0 Å². The Balaban J connectivity index is 0.978. The zero-order chi connectivity index (χ0) is 46.1. The molecule has 1 unspecified atom stereocenters. The first kappa shape index (κ1) is 42.4. The van der Waals surface area contributed by atoms with Crippen molar-refractivity contribution in [1.29, 1.82) is 0 Å². The maximum atomic E-state index is 2.47. The topological polar surface area (TPSA) is 6.48 Å². The lowest BCUT2D eigenvalue weighted by atomic mass is 9.75.